The quantitative estimate of drug-likeness (QED) is 0.800. The highest BCUT2D eigenvalue weighted by atomic mass is 79.9. The summed E-state index contributed by atoms with van der Waals surface area (Å²) in [4.78, 5) is 0. The third kappa shape index (κ3) is 2.96. The minimum absolute atomic E-state index is 0.367. The second-order valence-corrected chi connectivity index (χ2v) is 7.99. The summed E-state index contributed by atoms with van der Waals surface area (Å²) >= 11 is 10.6. The number of halogens is 2. The maximum Gasteiger partial charge on any atom is 0.0758 e. The lowest BCUT2D eigenvalue weighted by molar-refractivity contribution is 0.593. The van der Waals surface area contributed by atoms with Crippen LogP contribution in [0.5, 0.6) is 0 Å². The number of nitrogens with one attached hydrogen (secondary N) is 1. The molecule has 86 valence electrons. The van der Waals surface area contributed by atoms with E-state index in [0.29, 0.717) is 6.04 Å². The Hall–Kier alpha value is 0.320. The summed E-state index contributed by atoms with van der Waals surface area (Å²) in [6.45, 7) is 0. The summed E-state index contributed by atoms with van der Waals surface area (Å²) in [6.07, 6.45) is 1.03. The van der Waals surface area contributed by atoms with Gasteiger partial charge in [-0.25, -0.2) is 0 Å². The van der Waals surface area contributed by atoms with Crippen molar-refractivity contribution in [1.82, 2.24) is 5.32 Å². The van der Waals surface area contributed by atoms with Crippen molar-refractivity contribution in [2.24, 2.45) is 0 Å². The van der Waals surface area contributed by atoms with Gasteiger partial charge in [0.05, 0.1) is 7.57 Å². The Bertz CT molecular complexity index is 451. The van der Waals surface area contributed by atoms with E-state index in [-0.39, 0.29) is 0 Å². The molecule has 0 fully saturated rings. The molecule has 5 heteroatoms. The molecule has 2 aromatic heterocycles. The molecule has 0 amide bonds. The van der Waals surface area contributed by atoms with Crippen molar-refractivity contribution in [1.29, 1.82) is 0 Å². The molecule has 0 aliphatic heterocycles. The third-order valence-electron chi connectivity index (χ3n) is 2.43. The number of rotatable bonds is 4. The fourth-order valence-corrected chi connectivity index (χ4v) is 5.26. The maximum absolute atomic E-state index is 3.61. The first-order chi connectivity index (χ1) is 7.70. The molecule has 0 aliphatic rings. The molecule has 0 aliphatic carbocycles. The van der Waals surface area contributed by atoms with Crippen molar-refractivity contribution in [2.45, 2.75) is 12.5 Å². The lowest BCUT2D eigenvalue weighted by Crippen LogP contribution is -2.18. The summed E-state index contributed by atoms with van der Waals surface area (Å²) in [6, 6.07) is 4.73. The highest BCUT2D eigenvalue weighted by Gasteiger charge is 2.16. The van der Waals surface area contributed by atoms with Crippen LogP contribution in [-0.2, 0) is 6.42 Å². The molecule has 0 bridgehead atoms. The van der Waals surface area contributed by atoms with Gasteiger partial charge >= 0.3 is 0 Å². The molecular formula is C11H11Br2NS2. The number of thiophene rings is 2. The molecule has 16 heavy (non-hydrogen) atoms. The van der Waals surface area contributed by atoms with E-state index in [2.05, 4.69) is 60.1 Å². The Morgan fingerprint density at radius 1 is 1.44 bits per heavy atom. The van der Waals surface area contributed by atoms with Gasteiger partial charge in [0, 0.05) is 6.04 Å². The second kappa shape index (κ2) is 5.78. The van der Waals surface area contributed by atoms with Crippen LogP contribution in [0.4, 0.5) is 0 Å². The smallest absolute Gasteiger partial charge is 0.0758 e. The summed E-state index contributed by atoms with van der Waals surface area (Å²) in [5, 5.41) is 7.70. The molecule has 1 unspecified atom stereocenters. The standard InChI is InChI=1S/C11H11Br2NS2/c1-14-9(4-7-2-3-15-6-7)8-5-10(12)16-11(8)13/h2-3,5-6,9,14H,4H2,1H3. The van der Waals surface area contributed by atoms with Crippen molar-refractivity contribution in [3.63, 3.8) is 0 Å². The molecule has 1 atom stereocenters. The largest absolute Gasteiger partial charge is 0.313 e. The molecule has 2 aromatic rings. The van der Waals surface area contributed by atoms with Gasteiger partial charge in [0.15, 0.2) is 0 Å². The van der Waals surface area contributed by atoms with Gasteiger partial charge in [0.25, 0.3) is 0 Å². The Morgan fingerprint density at radius 2 is 2.25 bits per heavy atom. The lowest BCUT2D eigenvalue weighted by atomic mass is 10.0. The summed E-state index contributed by atoms with van der Waals surface area (Å²) in [7, 11) is 2.01. The van der Waals surface area contributed by atoms with E-state index < -0.39 is 0 Å². The van der Waals surface area contributed by atoms with E-state index >= 15 is 0 Å². The summed E-state index contributed by atoms with van der Waals surface area (Å²) in [5.41, 5.74) is 2.71. The third-order valence-corrected chi connectivity index (χ3v) is 5.54. The first kappa shape index (κ1) is 12.8. The number of likely N-dealkylation sites (N-methyl/N-ethyl adjacent to an activating group) is 1. The van der Waals surface area contributed by atoms with Gasteiger partial charge in [0.2, 0.25) is 0 Å². The van der Waals surface area contributed by atoms with Crippen LogP contribution in [0.15, 0.2) is 30.5 Å². The first-order valence-corrected chi connectivity index (χ1v) is 8.18. The van der Waals surface area contributed by atoms with E-state index in [1.807, 2.05) is 7.05 Å². The molecule has 0 spiro atoms. The predicted molar refractivity (Wildman–Crippen MR) is 79.5 cm³/mol. The zero-order valence-corrected chi connectivity index (χ0v) is 13.5. The molecule has 1 nitrogen and oxygen atoms in total. The van der Waals surface area contributed by atoms with Crippen LogP contribution < -0.4 is 5.32 Å². The van der Waals surface area contributed by atoms with Crippen LogP contribution in [0.1, 0.15) is 17.2 Å². The van der Waals surface area contributed by atoms with E-state index in [9.17, 15) is 0 Å². The number of hydrogen-bond acceptors (Lipinski definition) is 3. The highest BCUT2D eigenvalue weighted by Crippen LogP contribution is 2.36. The average molecular weight is 381 g/mol. The van der Waals surface area contributed by atoms with Crippen LogP contribution in [0, 0.1) is 0 Å². The fraction of sp³-hybridized carbons (Fsp3) is 0.273. The van der Waals surface area contributed by atoms with Crippen LogP contribution >= 0.6 is 54.5 Å². The molecule has 0 saturated heterocycles. The summed E-state index contributed by atoms with van der Waals surface area (Å²) in [5.74, 6) is 0. The number of hydrogen-bond donors (Lipinski definition) is 1. The lowest BCUT2D eigenvalue weighted by Gasteiger charge is -2.14. The van der Waals surface area contributed by atoms with E-state index in [4.69, 9.17) is 0 Å². The van der Waals surface area contributed by atoms with Crippen LogP contribution in [0.3, 0.4) is 0 Å². The van der Waals surface area contributed by atoms with Crippen LogP contribution in [-0.4, -0.2) is 7.05 Å². The van der Waals surface area contributed by atoms with Gasteiger partial charge < -0.3 is 5.32 Å². The Labute approximate surface area is 120 Å². The SMILES string of the molecule is CNC(Cc1ccsc1)c1cc(Br)sc1Br. The van der Waals surface area contributed by atoms with Crippen molar-refractivity contribution in [2.75, 3.05) is 7.05 Å². The topological polar surface area (TPSA) is 12.0 Å². The van der Waals surface area contributed by atoms with Gasteiger partial charge in [-0.3, -0.25) is 0 Å². The summed E-state index contributed by atoms with van der Waals surface area (Å²) < 4.78 is 2.37. The van der Waals surface area contributed by atoms with Crippen molar-refractivity contribution in [3.8, 4) is 0 Å². The molecule has 0 saturated carbocycles. The van der Waals surface area contributed by atoms with Crippen LogP contribution in [0.2, 0.25) is 0 Å². The molecular weight excluding hydrogens is 370 g/mol. The van der Waals surface area contributed by atoms with Crippen LogP contribution in [0.25, 0.3) is 0 Å². The van der Waals surface area contributed by atoms with Gasteiger partial charge in [-0.2, -0.15) is 11.3 Å². The monoisotopic (exact) mass is 379 g/mol. The zero-order valence-electron chi connectivity index (χ0n) is 8.67. The Kier molecular flexibility index (Phi) is 4.61. The highest BCUT2D eigenvalue weighted by molar-refractivity contribution is 9.12. The first-order valence-electron chi connectivity index (χ1n) is 4.83. The van der Waals surface area contributed by atoms with Gasteiger partial charge in [-0.05, 0) is 79.3 Å². The minimum Gasteiger partial charge on any atom is -0.313 e. The average Bonchev–Trinajstić information content (AvgIpc) is 2.85. The predicted octanol–water partition coefficient (Wildman–Crippen LogP) is 4.84. The fourth-order valence-electron chi connectivity index (χ4n) is 1.60. The van der Waals surface area contributed by atoms with E-state index in [1.165, 1.54) is 18.7 Å². The minimum atomic E-state index is 0.367. The second-order valence-electron chi connectivity index (χ2n) is 3.46. The Morgan fingerprint density at radius 3 is 2.75 bits per heavy atom. The van der Waals surface area contributed by atoms with Gasteiger partial charge in [-0.15, -0.1) is 11.3 Å². The normalized spacial score (nSPS) is 12.9. The molecule has 2 rings (SSSR count). The molecule has 1 N–H and O–H groups in total. The van der Waals surface area contributed by atoms with Crippen molar-refractivity contribution >= 4 is 54.5 Å². The Balaban J connectivity index is 2.19. The van der Waals surface area contributed by atoms with Gasteiger partial charge in [-0.1, -0.05) is 0 Å². The van der Waals surface area contributed by atoms with Crippen molar-refractivity contribution < 1.29 is 0 Å². The van der Waals surface area contributed by atoms with Crippen molar-refractivity contribution in [3.05, 3.63) is 41.6 Å². The van der Waals surface area contributed by atoms with Gasteiger partial charge in [0.1, 0.15) is 0 Å². The molecule has 0 aromatic carbocycles. The van der Waals surface area contributed by atoms with E-state index in [1.54, 1.807) is 22.7 Å². The van der Waals surface area contributed by atoms with E-state index in [0.717, 1.165) is 6.42 Å². The molecule has 2 heterocycles. The zero-order chi connectivity index (χ0) is 11.5. The molecule has 0 radical (unpaired) electrons. The maximum atomic E-state index is 3.61.